The lowest BCUT2D eigenvalue weighted by Gasteiger charge is -2.11. The number of carbonyl (C=O) groups excluding carboxylic acids is 1. The Morgan fingerprint density at radius 3 is 2.95 bits per heavy atom. The summed E-state index contributed by atoms with van der Waals surface area (Å²) in [4.78, 5) is 17.6. The van der Waals surface area contributed by atoms with E-state index in [1.165, 1.54) is 4.88 Å². The lowest BCUT2D eigenvalue weighted by atomic mass is 10.1. The minimum absolute atomic E-state index is 0.0383. The third kappa shape index (κ3) is 4.56. The molecule has 1 heterocycles. The number of carbonyl (C=O) groups is 1. The maximum absolute atomic E-state index is 12.0. The fourth-order valence-electron chi connectivity index (χ4n) is 2.07. The van der Waals surface area contributed by atoms with Crippen molar-refractivity contribution < 1.29 is 4.79 Å². The van der Waals surface area contributed by atoms with Crippen molar-refractivity contribution in [1.82, 2.24) is 10.3 Å². The normalized spacial score (nSPS) is 12.1. The van der Waals surface area contributed by atoms with E-state index in [0.29, 0.717) is 12.8 Å². The molecule has 0 aliphatic carbocycles. The van der Waals surface area contributed by atoms with Crippen LogP contribution in [-0.4, -0.2) is 10.9 Å². The van der Waals surface area contributed by atoms with Crippen LogP contribution in [0.5, 0.6) is 0 Å². The Balaban J connectivity index is 1.84. The highest BCUT2D eigenvalue weighted by atomic mass is 32.1. The summed E-state index contributed by atoms with van der Waals surface area (Å²) in [6, 6.07) is 7.61. The zero-order valence-corrected chi connectivity index (χ0v) is 13.2. The van der Waals surface area contributed by atoms with Crippen LogP contribution in [0.4, 0.5) is 5.69 Å². The van der Waals surface area contributed by atoms with E-state index < -0.39 is 0 Å². The van der Waals surface area contributed by atoms with Crippen molar-refractivity contribution >= 4 is 22.9 Å². The van der Waals surface area contributed by atoms with Gasteiger partial charge in [0.1, 0.15) is 5.01 Å². The van der Waals surface area contributed by atoms with Gasteiger partial charge in [-0.2, -0.15) is 0 Å². The largest absolute Gasteiger partial charge is 0.399 e. The summed E-state index contributed by atoms with van der Waals surface area (Å²) in [5.41, 5.74) is 7.55. The van der Waals surface area contributed by atoms with E-state index in [-0.39, 0.29) is 11.9 Å². The predicted molar refractivity (Wildman–Crippen MR) is 87.2 cm³/mol. The molecular formula is C16H21N3OS. The summed E-state index contributed by atoms with van der Waals surface area (Å²) in [6.07, 6.45) is 4.02. The number of hydrogen-bond acceptors (Lipinski definition) is 4. The number of benzene rings is 1. The van der Waals surface area contributed by atoms with Crippen LogP contribution in [-0.2, 0) is 17.6 Å². The smallest absolute Gasteiger partial charge is 0.220 e. The Morgan fingerprint density at radius 2 is 2.29 bits per heavy atom. The molecule has 112 valence electrons. The van der Waals surface area contributed by atoms with Crippen molar-refractivity contribution in [2.45, 2.75) is 39.2 Å². The summed E-state index contributed by atoms with van der Waals surface area (Å²) >= 11 is 1.66. The van der Waals surface area contributed by atoms with Crippen molar-refractivity contribution in [2.24, 2.45) is 0 Å². The van der Waals surface area contributed by atoms with Crippen LogP contribution in [0.15, 0.2) is 30.5 Å². The van der Waals surface area contributed by atoms with Gasteiger partial charge in [0.2, 0.25) is 5.91 Å². The first kappa shape index (κ1) is 15.5. The lowest BCUT2D eigenvalue weighted by molar-refractivity contribution is -0.121. The first-order valence-corrected chi connectivity index (χ1v) is 7.98. The summed E-state index contributed by atoms with van der Waals surface area (Å²) < 4.78 is 0. The first-order valence-electron chi connectivity index (χ1n) is 7.17. The number of hydrogen-bond donors (Lipinski definition) is 2. The SMILES string of the molecule is CCc1cnc(C(C)NC(=O)CCc2cccc(N)c2)s1. The van der Waals surface area contributed by atoms with Gasteiger partial charge in [-0.25, -0.2) is 4.98 Å². The molecule has 3 N–H and O–H groups in total. The molecule has 5 heteroatoms. The number of amides is 1. The van der Waals surface area contributed by atoms with Gasteiger partial charge in [0.15, 0.2) is 0 Å². The van der Waals surface area contributed by atoms with Gasteiger partial charge in [-0.1, -0.05) is 19.1 Å². The van der Waals surface area contributed by atoms with Gasteiger partial charge in [-0.05, 0) is 37.5 Å². The molecule has 2 aromatic rings. The summed E-state index contributed by atoms with van der Waals surface area (Å²) in [6.45, 7) is 4.07. The summed E-state index contributed by atoms with van der Waals surface area (Å²) in [5, 5.41) is 3.96. The molecule has 1 amide bonds. The predicted octanol–water partition coefficient (Wildman–Crippen LogP) is 3.10. The Hall–Kier alpha value is -1.88. The van der Waals surface area contributed by atoms with E-state index in [4.69, 9.17) is 5.73 Å². The molecule has 0 aliphatic heterocycles. The molecule has 0 aliphatic rings. The third-order valence-electron chi connectivity index (χ3n) is 3.26. The molecule has 1 aromatic heterocycles. The Bertz CT molecular complexity index is 609. The highest BCUT2D eigenvalue weighted by molar-refractivity contribution is 7.11. The van der Waals surface area contributed by atoms with Crippen LogP contribution in [0.25, 0.3) is 0 Å². The topological polar surface area (TPSA) is 68.0 Å². The zero-order chi connectivity index (χ0) is 15.2. The van der Waals surface area contributed by atoms with Crippen LogP contribution < -0.4 is 11.1 Å². The minimum atomic E-state index is -0.0383. The molecule has 0 fully saturated rings. The second-order valence-electron chi connectivity index (χ2n) is 5.05. The standard InChI is InChI=1S/C16H21N3OS/c1-3-14-10-18-16(21-14)11(2)19-15(20)8-7-12-5-4-6-13(17)9-12/h4-6,9-11H,3,7-8,17H2,1-2H3,(H,19,20). The van der Waals surface area contributed by atoms with Crippen LogP contribution in [0.2, 0.25) is 0 Å². The van der Waals surface area contributed by atoms with Gasteiger partial charge in [-0.3, -0.25) is 4.79 Å². The quantitative estimate of drug-likeness (QED) is 0.806. The van der Waals surface area contributed by atoms with Crippen LogP contribution in [0.3, 0.4) is 0 Å². The first-order chi connectivity index (χ1) is 10.1. The number of anilines is 1. The van der Waals surface area contributed by atoms with Gasteiger partial charge >= 0.3 is 0 Å². The van der Waals surface area contributed by atoms with E-state index in [2.05, 4.69) is 17.2 Å². The number of aromatic nitrogens is 1. The van der Waals surface area contributed by atoms with Crippen LogP contribution >= 0.6 is 11.3 Å². The molecule has 4 nitrogen and oxygen atoms in total. The van der Waals surface area contributed by atoms with Crippen molar-refractivity contribution in [3.8, 4) is 0 Å². The molecule has 1 atom stereocenters. The van der Waals surface area contributed by atoms with Crippen molar-refractivity contribution in [1.29, 1.82) is 0 Å². The molecule has 21 heavy (non-hydrogen) atoms. The van der Waals surface area contributed by atoms with Crippen molar-refractivity contribution in [3.05, 3.63) is 45.9 Å². The van der Waals surface area contributed by atoms with Gasteiger partial charge in [-0.15, -0.1) is 11.3 Å². The Labute approximate surface area is 129 Å². The molecule has 0 saturated carbocycles. The van der Waals surface area contributed by atoms with E-state index in [1.807, 2.05) is 37.4 Å². The Morgan fingerprint density at radius 1 is 1.48 bits per heavy atom. The number of nitrogens with two attached hydrogens (primary N) is 1. The number of nitrogens with one attached hydrogen (secondary N) is 1. The lowest BCUT2D eigenvalue weighted by Crippen LogP contribution is -2.26. The zero-order valence-electron chi connectivity index (χ0n) is 12.4. The number of thiazole rings is 1. The second-order valence-corrected chi connectivity index (χ2v) is 6.20. The number of aryl methyl sites for hydroxylation is 2. The monoisotopic (exact) mass is 303 g/mol. The average molecular weight is 303 g/mol. The molecule has 2 rings (SSSR count). The van der Waals surface area contributed by atoms with E-state index >= 15 is 0 Å². The van der Waals surface area contributed by atoms with Crippen molar-refractivity contribution in [2.75, 3.05) is 5.73 Å². The van der Waals surface area contributed by atoms with E-state index in [9.17, 15) is 4.79 Å². The molecule has 0 bridgehead atoms. The molecule has 0 spiro atoms. The highest BCUT2D eigenvalue weighted by Crippen LogP contribution is 2.20. The molecule has 1 unspecified atom stereocenters. The van der Waals surface area contributed by atoms with Gasteiger partial charge in [0.05, 0.1) is 6.04 Å². The van der Waals surface area contributed by atoms with Gasteiger partial charge < -0.3 is 11.1 Å². The average Bonchev–Trinajstić information content (AvgIpc) is 2.94. The number of nitrogens with zero attached hydrogens (tertiary/aromatic N) is 1. The fraction of sp³-hybridized carbons (Fsp3) is 0.375. The fourth-order valence-corrected chi connectivity index (χ4v) is 2.93. The van der Waals surface area contributed by atoms with Crippen LogP contribution in [0.1, 0.15) is 41.8 Å². The Kier molecular flexibility index (Phi) is 5.33. The summed E-state index contributed by atoms with van der Waals surface area (Å²) in [5.74, 6) is 0.0400. The van der Waals surface area contributed by atoms with Crippen LogP contribution in [0, 0.1) is 0 Å². The van der Waals surface area contributed by atoms with Gasteiger partial charge in [0, 0.05) is 23.2 Å². The second kappa shape index (κ2) is 7.22. The molecular weight excluding hydrogens is 282 g/mol. The molecule has 1 aromatic carbocycles. The van der Waals surface area contributed by atoms with Gasteiger partial charge in [0.25, 0.3) is 0 Å². The maximum Gasteiger partial charge on any atom is 0.220 e. The number of rotatable bonds is 6. The van der Waals surface area contributed by atoms with Crippen molar-refractivity contribution in [3.63, 3.8) is 0 Å². The third-order valence-corrected chi connectivity index (χ3v) is 4.58. The highest BCUT2D eigenvalue weighted by Gasteiger charge is 2.13. The minimum Gasteiger partial charge on any atom is -0.399 e. The number of nitrogen functional groups attached to an aromatic ring is 1. The van der Waals surface area contributed by atoms with E-state index in [0.717, 1.165) is 22.7 Å². The van der Waals surface area contributed by atoms with E-state index in [1.54, 1.807) is 11.3 Å². The molecule has 0 saturated heterocycles. The summed E-state index contributed by atoms with van der Waals surface area (Å²) in [7, 11) is 0. The molecule has 0 radical (unpaired) electrons. The maximum atomic E-state index is 12.0.